The smallest absolute Gasteiger partial charge is 0.233 e. The van der Waals surface area contributed by atoms with Crippen LogP contribution in [-0.2, 0) is 0 Å². The molecule has 1 aliphatic rings. The third-order valence-electron chi connectivity index (χ3n) is 5.40. The number of H-pyrrole nitrogens is 1. The minimum Gasteiger partial charge on any atom is -0.338 e. The number of rotatable bonds is 6. The van der Waals surface area contributed by atoms with E-state index in [-0.39, 0.29) is 0 Å². The number of likely N-dealkylation sites (N-methyl/N-ethyl adjacent to an activating group) is 1. The molecule has 4 rings (SSSR count). The number of hydrogen-bond donors (Lipinski definition) is 2. The first-order valence-electron chi connectivity index (χ1n) is 10.7. The highest BCUT2D eigenvalue weighted by atomic mass is 15.3. The van der Waals surface area contributed by atoms with Gasteiger partial charge in [0.25, 0.3) is 0 Å². The van der Waals surface area contributed by atoms with E-state index in [0.717, 1.165) is 37.4 Å². The highest BCUT2D eigenvalue weighted by Gasteiger charge is 2.18. The second-order valence-corrected chi connectivity index (χ2v) is 8.32. The summed E-state index contributed by atoms with van der Waals surface area (Å²) >= 11 is 0. The number of aromatic amines is 1. The van der Waals surface area contributed by atoms with Gasteiger partial charge in [-0.1, -0.05) is 44.2 Å². The number of piperazine rings is 1. The Morgan fingerprint density at radius 2 is 1.74 bits per heavy atom. The Hall–Kier alpha value is -3.26. The van der Waals surface area contributed by atoms with E-state index in [0.29, 0.717) is 29.5 Å². The van der Waals surface area contributed by atoms with Crippen LogP contribution in [0, 0.1) is 6.92 Å². The molecule has 3 aromatic rings. The molecule has 8 heteroatoms. The number of aromatic nitrogens is 5. The minimum absolute atomic E-state index is 0.491. The molecule has 1 saturated heterocycles. The predicted octanol–water partition coefficient (Wildman–Crippen LogP) is 3.69. The van der Waals surface area contributed by atoms with E-state index in [9.17, 15) is 0 Å². The van der Waals surface area contributed by atoms with Gasteiger partial charge in [-0.25, -0.2) is 0 Å². The summed E-state index contributed by atoms with van der Waals surface area (Å²) in [4.78, 5) is 18.5. The lowest BCUT2D eigenvalue weighted by atomic mass is 10.0. The van der Waals surface area contributed by atoms with Gasteiger partial charge in [0, 0.05) is 37.9 Å². The highest BCUT2D eigenvalue weighted by molar-refractivity contribution is 5.68. The monoisotopic (exact) mass is 418 g/mol. The van der Waals surface area contributed by atoms with Crippen molar-refractivity contribution in [2.24, 2.45) is 0 Å². The standard InChI is InChI=1S/C23H30N8/c1-16(2)19-8-5-18(6-9-19)7-10-20-24-22(25-21-15-17(3)28-29-21)27-23(26-20)31-13-11-30(4)12-14-31/h5-10,15-16H,11-14H2,1-4H3,(H2,24,25,26,27,28,29)/b10-7+. The number of nitrogens with zero attached hydrogens (tertiary/aromatic N) is 6. The zero-order chi connectivity index (χ0) is 21.8. The van der Waals surface area contributed by atoms with E-state index in [1.807, 2.05) is 25.1 Å². The van der Waals surface area contributed by atoms with Gasteiger partial charge in [-0.15, -0.1) is 0 Å². The highest BCUT2D eigenvalue weighted by Crippen LogP contribution is 2.19. The van der Waals surface area contributed by atoms with Gasteiger partial charge in [0.15, 0.2) is 11.6 Å². The van der Waals surface area contributed by atoms with Crippen molar-refractivity contribution >= 4 is 29.9 Å². The zero-order valence-electron chi connectivity index (χ0n) is 18.6. The molecule has 3 heterocycles. The SMILES string of the molecule is Cc1cc(Nc2nc(/C=C/c3ccc(C(C)C)cc3)nc(N3CCN(C)CC3)n2)n[nH]1. The Morgan fingerprint density at radius 1 is 1.00 bits per heavy atom. The summed E-state index contributed by atoms with van der Waals surface area (Å²) in [7, 11) is 2.14. The molecule has 0 saturated carbocycles. The maximum Gasteiger partial charge on any atom is 0.233 e. The average molecular weight is 419 g/mol. The fraction of sp³-hybridized carbons (Fsp3) is 0.391. The summed E-state index contributed by atoms with van der Waals surface area (Å²) in [6.07, 6.45) is 3.97. The van der Waals surface area contributed by atoms with Gasteiger partial charge < -0.3 is 15.1 Å². The molecule has 0 bridgehead atoms. The van der Waals surface area contributed by atoms with Crippen LogP contribution in [0.4, 0.5) is 17.7 Å². The van der Waals surface area contributed by atoms with E-state index in [1.165, 1.54) is 5.56 Å². The summed E-state index contributed by atoms with van der Waals surface area (Å²) in [6, 6.07) is 10.5. The van der Waals surface area contributed by atoms with E-state index < -0.39 is 0 Å². The maximum atomic E-state index is 4.72. The van der Waals surface area contributed by atoms with Crippen molar-refractivity contribution in [2.45, 2.75) is 26.7 Å². The van der Waals surface area contributed by atoms with Crippen LogP contribution in [0.1, 0.15) is 42.4 Å². The van der Waals surface area contributed by atoms with Crippen molar-refractivity contribution in [1.82, 2.24) is 30.0 Å². The molecule has 1 aliphatic heterocycles. The number of benzene rings is 1. The van der Waals surface area contributed by atoms with Crippen LogP contribution < -0.4 is 10.2 Å². The van der Waals surface area contributed by atoms with E-state index in [2.05, 4.69) is 80.4 Å². The molecule has 0 atom stereocenters. The number of hydrogen-bond acceptors (Lipinski definition) is 7. The van der Waals surface area contributed by atoms with Crippen LogP contribution in [0.15, 0.2) is 30.3 Å². The van der Waals surface area contributed by atoms with Crippen molar-refractivity contribution in [1.29, 1.82) is 0 Å². The van der Waals surface area contributed by atoms with Crippen LogP contribution in [0.2, 0.25) is 0 Å². The molecule has 31 heavy (non-hydrogen) atoms. The Morgan fingerprint density at radius 3 is 2.39 bits per heavy atom. The van der Waals surface area contributed by atoms with Crippen molar-refractivity contribution in [3.05, 3.63) is 53.0 Å². The maximum absolute atomic E-state index is 4.72. The molecule has 8 nitrogen and oxygen atoms in total. The van der Waals surface area contributed by atoms with Crippen molar-refractivity contribution in [3.8, 4) is 0 Å². The van der Waals surface area contributed by atoms with E-state index in [4.69, 9.17) is 4.98 Å². The van der Waals surface area contributed by atoms with E-state index in [1.54, 1.807) is 0 Å². The average Bonchev–Trinajstić information content (AvgIpc) is 3.17. The van der Waals surface area contributed by atoms with Crippen LogP contribution in [0.5, 0.6) is 0 Å². The molecule has 1 aromatic carbocycles. The van der Waals surface area contributed by atoms with Gasteiger partial charge in [-0.3, -0.25) is 5.10 Å². The second kappa shape index (κ2) is 9.26. The molecule has 1 fully saturated rings. The molecule has 0 unspecified atom stereocenters. The molecule has 2 N–H and O–H groups in total. The van der Waals surface area contributed by atoms with Gasteiger partial charge in [0.1, 0.15) is 0 Å². The fourth-order valence-electron chi connectivity index (χ4n) is 3.42. The first kappa shape index (κ1) is 21.0. The Kier molecular flexibility index (Phi) is 6.27. The van der Waals surface area contributed by atoms with Gasteiger partial charge in [-0.05, 0) is 37.1 Å². The minimum atomic E-state index is 0.491. The van der Waals surface area contributed by atoms with Crippen molar-refractivity contribution < 1.29 is 0 Å². The lowest BCUT2D eigenvalue weighted by molar-refractivity contribution is 0.311. The van der Waals surface area contributed by atoms with E-state index >= 15 is 0 Å². The molecule has 162 valence electrons. The van der Waals surface area contributed by atoms with Gasteiger partial charge in [0.05, 0.1) is 0 Å². The fourth-order valence-corrected chi connectivity index (χ4v) is 3.42. The first-order valence-corrected chi connectivity index (χ1v) is 10.7. The summed E-state index contributed by atoms with van der Waals surface area (Å²) < 4.78 is 0. The number of aryl methyl sites for hydroxylation is 1. The summed E-state index contributed by atoms with van der Waals surface area (Å²) in [5.74, 6) is 3.00. The van der Waals surface area contributed by atoms with Gasteiger partial charge >= 0.3 is 0 Å². The number of anilines is 3. The van der Waals surface area contributed by atoms with Crippen LogP contribution in [0.25, 0.3) is 12.2 Å². The van der Waals surface area contributed by atoms with Crippen LogP contribution in [0.3, 0.4) is 0 Å². The Labute approximate surface area is 183 Å². The first-order chi connectivity index (χ1) is 15.0. The molecule has 0 radical (unpaired) electrons. The summed E-state index contributed by atoms with van der Waals surface area (Å²) in [5.41, 5.74) is 3.42. The molecular formula is C23H30N8. The number of nitrogens with one attached hydrogen (secondary N) is 2. The predicted molar refractivity (Wildman–Crippen MR) is 126 cm³/mol. The quantitative estimate of drug-likeness (QED) is 0.631. The molecular weight excluding hydrogens is 388 g/mol. The molecule has 0 amide bonds. The van der Waals surface area contributed by atoms with Crippen LogP contribution >= 0.6 is 0 Å². The largest absolute Gasteiger partial charge is 0.338 e. The van der Waals surface area contributed by atoms with Crippen LogP contribution in [-0.4, -0.2) is 63.3 Å². The molecule has 0 aliphatic carbocycles. The Balaban J connectivity index is 1.60. The summed E-state index contributed by atoms with van der Waals surface area (Å²) in [6.45, 7) is 10.1. The van der Waals surface area contributed by atoms with Crippen molar-refractivity contribution in [3.63, 3.8) is 0 Å². The Bertz CT molecular complexity index is 1030. The topological polar surface area (TPSA) is 85.9 Å². The van der Waals surface area contributed by atoms with Gasteiger partial charge in [0.2, 0.25) is 11.9 Å². The third-order valence-corrected chi connectivity index (χ3v) is 5.40. The lowest BCUT2D eigenvalue weighted by Crippen LogP contribution is -2.45. The third kappa shape index (κ3) is 5.46. The molecule has 0 spiro atoms. The normalized spacial score (nSPS) is 15.2. The lowest BCUT2D eigenvalue weighted by Gasteiger charge is -2.32. The van der Waals surface area contributed by atoms with Gasteiger partial charge in [-0.2, -0.15) is 20.1 Å². The zero-order valence-corrected chi connectivity index (χ0v) is 18.6. The second-order valence-electron chi connectivity index (χ2n) is 8.32. The van der Waals surface area contributed by atoms with Crippen molar-refractivity contribution in [2.75, 3.05) is 43.4 Å². The molecule has 2 aromatic heterocycles. The summed E-state index contributed by atoms with van der Waals surface area (Å²) in [5, 5.41) is 10.4.